The smallest absolute Gasteiger partial charge is 0.870 e. The molecule has 3 fully saturated rings. The zero-order valence-corrected chi connectivity index (χ0v) is 54.7. The van der Waals surface area contributed by atoms with Gasteiger partial charge in [-0.05, 0) is 83.0 Å². The van der Waals surface area contributed by atoms with E-state index in [0.717, 1.165) is 19.3 Å². The number of hydrogen-bond donors (Lipinski definition) is 2. The standard InChI is InChI=1S/C16H36ClNO10P4.C5H12ClO3P.C5H12O3P.C4H9N.C3H6O3P.CH5P.Cl2.Na.H2O/c1-13(9-22-4)27-31(17,20)23-10-15(3)28-32(21,25-12-29)24-11-14(2)26-30(5,19)18-16-7-6-8-16;1-5(4-8-2)9-10(3,6)7;1-5(4-7-2)8-9(3)6;5-4-2-1-3-4;1-3-2-5-7(4)6-3;2*1-2;;/h13-16H,6-12,29H2,1-5H3,(H,18,19);5H,4H2,1-3H3;5H,4H2,1-3H3;4H,1-3,5H2;3H,2H2,1H3;2H2,1H3;;;1H2/q;;+1;;+1;;;+1;/p-1/i12T;;;;;1T;;;. The van der Waals surface area contributed by atoms with Gasteiger partial charge in [0.1, 0.15) is 18.8 Å². The molecule has 0 bridgehead atoms. The number of hydrogen-bond acceptors (Lipinski definition) is 21. The van der Waals surface area contributed by atoms with Gasteiger partial charge in [-0.2, -0.15) is 0 Å². The fourth-order valence-corrected chi connectivity index (χ4v) is 11.8. The summed E-state index contributed by atoms with van der Waals surface area (Å²) in [5.41, 5.74) is 5.38. The van der Waals surface area contributed by atoms with Gasteiger partial charge in [0.15, 0.2) is 6.66 Å². The van der Waals surface area contributed by atoms with Crippen LogP contribution in [-0.2, 0) is 86.8 Å². The van der Waals surface area contributed by atoms with Crippen molar-refractivity contribution in [2.45, 2.75) is 129 Å². The minimum absolute atomic E-state index is 0. The van der Waals surface area contributed by atoms with Gasteiger partial charge in [-0.25, -0.2) is 14.2 Å². The number of phosphoric acid groups is 1. The fraction of sp³-hybridized carbons (Fsp3) is 1.00. The quantitative estimate of drug-likeness (QED) is 0.0603. The van der Waals surface area contributed by atoms with Crippen LogP contribution in [0.3, 0.4) is 0 Å². The Kier molecular flexibility index (Phi) is 57.0. The molecular weight excluding hydrogens is 1170 g/mol. The first-order chi connectivity index (χ1) is 31.9. The molecule has 1 aliphatic heterocycles. The Labute approximate surface area is 462 Å². The van der Waals surface area contributed by atoms with E-state index in [0.29, 0.717) is 32.5 Å². The number of rotatable bonds is 26. The zero-order chi connectivity index (χ0) is 54.4. The van der Waals surface area contributed by atoms with Gasteiger partial charge in [-0.15, -0.1) is 32.1 Å². The van der Waals surface area contributed by atoms with E-state index in [1.54, 1.807) is 35.0 Å². The van der Waals surface area contributed by atoms with Crippen molar-refractivity contribution in [3.8, 4) is 0 Å². The summed E-state index contributed by atoms with van der Waals surface area (Å²) in [7, 11) is 6.46. The molecule has 35 heteroatoms. The van der Waals surface area contributed by atoms with Crippen LogP contribution >= 0.6 is 108 Å². The fourth-order valence-electron chi connectivity index (χ4n) is 4.50. The van der Waals surface area contributed by atoms with Crippen molar-refractivity contribution in [1.29, 1.82) is 0 Å². The number of halogens is 4. The maximum absolute atomic E-state index is 13.0. The van der Waals surface area contributed by atoms with Crippen LogP contribution in [0.4, 0.5) is 0 Å². The summed E-state index contributed by atoms with van der Waals surface area (Å²) in [6.07, 6.45) is 3.03. The average Bonchev–Trinajstić information content (AvgIpc) is 3.56. The normalized spacial score (nSPS) is 22.3. The van der Waals surface area contributed by atoms with Crippen molar-refractivity contribution < 1.29 is 125 Å². The van der Waals surface area contributed by atoms with Crippen LogP contribution in [-0.4, -0.2) is 148 Å². The number of nitrogens with two attached hydrogens (primary N) is 1. The molecule has 0 aromatic carbocycles. The Balaban J connectivity index is -0.000000223. The molecule has 3 aliphatic rings. The van der Waals surface area contributed by atoms with Crippen molar-refractivity contribution >= 4 is 108 Å². The molecule has 2 saturated carbocycles. The van der Waals surface area contributed by atoms with Crippen molar-refractivity contribution in [2.24, 2.45) is 5.73 Å². The molecule has 4 N–H and O–H groups in total. The third-order valence-electron chi connectivity index (χ3n) is 7.37. The van der Waals surface area contributed by atoms with Crippen LogP contribution in [0.25, 0.3) is 0 Å². The first kappa shape index (κ1) is 79.0. The summed E-state index contributed by atoms with van der Waals surface area (Å²) in [6, 6.07) is 0.725. The maximum Gasteiger partial charge on any atom is 1.00 e. The molecule has 0 aromatic rings. The number of phosphoric ester groups is 1. The van der Waals surface area contributed by atoms with Crippen LogP contribution in [0.1, 0.15) is 82.8 Å². The Morgan fingerprint density at radius 3 is 1.57 bits per heavy atom. The Morgan fingerprint density at radius 1 is 0.812 bits per heavy atom. The monoisotopic (exact) mass is 1250 g/mol. The van der Waals surface area contributed by atoms with Gasteiger partial charge in [0.2, 0.25) is 0 Å². The number of nitrogens with one attached hydrogen (secondary N) is 1. The summed E-state index contributed by atoms with van der Waals surface area (Å²) in [4.78, 5) is 0. The van der Waals surface area contributed by atoms with Crippen molar-refractivity contribution in [2.75, 3.05) is 93.9 Å². The zero-order valence-electron chi connectivity index (χ0n) is 44.0. The van der Waals surface area contributed by atoms with Gasteiger partial charge >= 0.3 is 60.6 Å². The Bertz CT molecular complexity index is 1520. The van der Waals surface area contributed by atoms with Gasteiger partial charge in [0, 0.05) is 85.6 Å². The Morgan fingerprint density at radius 2 is 1.23 bits per heavy atom. The van der Waals surface area contributed by atoms with Gasteiger partial charge in [0.25, 0.3) is 14.2 Å². The number of ether oxygens (including phenoxy) is 3. The molecule has 22 nitrogen and oxygen atoms in total. The topological polar surface area (TPSA) is 290 Å². The van der Waals surface area contributed by atoms with E-state index in [1.165, 1.54) is 53.3 Å². The third kappa shape index (κ3) is 56.0. The second-order valence-electron chi connectivity index (χ2n) is 14.6. The second-order valence-corrected chi connectivity index (χ2v) is 26.7. The van der Waals surface area contributed by atoms with E-state index in [4.69, 9.17) is 81.4 Å². The SMILES string of the molecule is CC1CO[P+](=O)O1.COCC(C)OP(C)(=O)Cl.COCC(C)O[P+](C)=O.ClCl.NC1CCC1.[3H]C(P)OP(=O)(OCC(C)OP(C)(=O)NC1CCC1)OC(C)COP(=O)(Cl)OC(C)COC.[3H]CP.[Na+].[OH-]. The molecule has 1 saturated heterocycles. The van der Waals surface area contributed by atoms with Crippen LogP contribution in [0.5, 0.6) is 0 Å². The van der Waals surface area contributed by atoms with Gasteiger partial charge in [-0.1, -0.05) is 19.5 Å². The molecule has 0 aromatic heterocycles. The molecule has 0 amide bonds. The average molecular weight is 1250 g/mol. The molecule has 414 valence electrons. The first-order valence-corrected chi connectivity index (χ1v) is 34.8. The van der Waals surface area contributed by atoms with Crippen molar-refractivity contribution in [1.82, 2.24) is 5.09 Å². The van der Waals surface area contributed by atoms with E-state index < -0.39 is 69.9 Å². The van der Waals surface area contributed by atoms with Crippen LogP contribution in [0.2, 0.25) is 0 Å². The van der Waals surface area contributed by atoms with Crippen molar-refractivity contribution in [3.63, 3.8) is 0 Å². The van der Waals surface area contributed by atoms with E-state index in [2.05, 4.69) is 45.1 Å². The maximum atomic E-state index is 13.0. The molecular formula is C34H81Cl4N2NaO20P8+2. The summed E-state index contributed by atoms with van der Waals surface area (Å²) in [5.74, 6) is 0. The van der Waals surface area contributed by atoms with Gasteiger partial charge in [-0.3, -0.25) is 31.7 Å². The predicted molar refractivity (Wildman–Crippen MR) is 279 cm³/mol. The van der Waals surface area contributed by atoms with Crippen LogP contribution in [0, 0.1) is 0 Å². The first-order valence-electron chi connectivity index (χ1n) is 21.8. The minimum atomic E-state index is -4.27. The van der Waals surface area contributed by atoms with Gasteiger partial charge in [0.05, 0.1) is 65.1 Å². The predicted octanol–water partition coefficient (Wildman–Crippen LogP) is 8.93. The summed E-state index contributed by atoms with van der Waals surface area (Å²) < 4.78 is 147. The summed E-state index contributed by atoms with van der Waals surface area (Å²) >= 11 is 11.1. The Hall–Kier alpha value is 3.50. The number of methoxy groups -OCH3 is 3. The molecule has 69 heavy (non-hydrogen) atoms. The molecule has 15 unspecified atom stereocenters. The van der Waals surface area contributed by atoms with Crippen molar-refractivity contribution in [3.05, 3.63) is 0 Å². The van der Waals surface area contributed by atoms with E-state index >= 15 is 0 Å². The molecule has 1 heterocycles. The largest absolute Gasteiger partial charge is 1.00 e. The van der Waals surface area contributed by atoms with E-state index in [1.807, 2.05) is 23.1 Å². The second kappa shape index (κ2) is 49.8. The van der Waals surface area contributed by atoms with Crippen LogP contribution < -0.4 is 40.4 Å². The molecule has 0 radical (unpaired) electrons. The van der Waals surface area contributed by atoms with Crippen LogP contribution in [0.15, 0.2) is 0 Å². The minimum Gasteiger partial charge on any atom is -0.870 e. The summed E-state index contributed by atoms with van der Waals surface area (Å²) in [5, 5.41) is 2.97. The molecule has 15 atom stereocenters. The van der Waals surface area contributed by atoms with E-state index in [-0.39, 0.29) is 79.2 Å². The van der Waals surface area contributed by atoms with Gasteiger partial charge < -0.3 is 34.5 Å². The third-order valence-corrected chi connectivity index (χ3v) is 14.9. The summed E-state index contributed by atoms with van der Waals surface area (Å²) in [6.45, 7) is 8.90. The van der Waals surface area contributed by atoms with E-state index in [9.17, 15) is 27.4 Å². The molecule has 3 rings (SSSR count). The molecule has 0 spiro atoms. The molecule has 2 aliphatic carbocycles.